The number of aryl methyl sites for hydroxylation is 1. The number of pyridine rings is 1. The number of nitrogens with zero attached hydrogens (tertiary/aromatic N) is 4. The number of aromatic nitrogens is 4. The molecule has 0 spiro atoms. The van der Waals surface area contributed by atoms with Gasteiger partial charge >= 0.3 is 0 Å². The van der Waals surface area contributed by atoms with Crippen LogP contribution in [0.4, 0.5) is 11.8 Å². The second kappa shape index (κ2) is 8.86. The van der Waals surface area contributed by atoms with E-state index >= 15 is 0 Å². The van der Waals surface area contributed by atoms with Gasteiger partial charge in [-0.2, -0.15) is 4.98 Å². The van der Waals surface area contributed by atoms with Crippen LogP contribution in [0.15, 0.2) is 12.3 Å². The predicted molar refractivity (Wildman–Crippen MR) is 139 cm³/mol. The number of aliphatic hydroxyl groups is 2. The van der Waals surface area contributed by atoms with Gasteiger partial charge < -0.3 is 20.8 Å². The molecular weight excluding hydrogens is 500 g/mol. The zero-order chi connectivity index (χ0) is 25.2. The first-order chi connectivity index (χ1) is 17.2. The summed E-state index contributed by atoms with van der Waals surface area (Å²) in [4.78, 5) is 19.0. The Bertz CT molecular complexity index is 1420. The fourth-order valence-corrected chi connectivity index (χ4v) is 7.22. The van der Waals surface area contributed by atoms with Crippen LogP contribution in [0.2, 0.25) is 0 Å². The van der Waals surface area contributed by atoms with Crippen LogP contribution in [0.1, 0.15) is 49.4 Å². The number of hydrogen-bond acceptors (Lipinski definition) is 11. The molecule has 0 radical (unpaired) electrons. The van der Waals surface area contributed by atoms with E-state index in [-0.39, 0.29) is 5.75 Å². The zero-order valence-corrected chi connectivity index (χ0v) is 21.8. The summed E-state index contributed by atoms with van der Waals surface area (Å²) in [5.74, 6) is 0.746. The lowest BCUT2D eigenvalue weighted by Gasteiger charge is -2.21. The SMILES string of the molecule is Cc1nc(NC2CC2)nc(N[C@@H]2C[C@H](CS(C)(=O)=O)[C@@H](O)[C@H]2O)c1-c1nc2c(C3CC3)nccc2s1. The molecule has 0 amide bonds. The van der Waals surface area contributed by atoms with E-state index < -0.39 is 34.0 Å². The van der Waals surface area contributed by atoms with E-state index in [1.165, 1.54) is 0 Å². The highest BCUT2D eigenvalue weighted by atomic mass is 32.2. The molecule has 3 aliphatic rings. The molecule has 3 aromatic heterocycles. The van der Waals surface area contributed by atoms with Crippen LogP contribution < -0.4 is 10.6 Å². The standard InChI is InChI=1S/C24H30N6O4S2/c1-11-17(23-29-19-16(35-23)7-8-25-18(19)12-3-4-12)22(30-24(26-11)27-14-5-6-14)28-15-9-13(10-36(2,33)34)20(31)21(15)32/h7-8,12-15,20-21,31-32H,3-6,9-10H2,1-2H3,(H2,26,27,28,30)/t13-,15-,20-,21+/m1/s1. The molecule has 0 unspecified atom stereocenters. The van der Waals surface area contributed by atoms with Crippen molar-refractivity contribution in [3.63, 3.8) is 0 Å². The summed E-state index contributed by atoms with van der Waals surface area (Å²) in [5, 5.41) is 28.8. The summed E-state index contributed by atoms with van der Waals surface area (Å²) in [7, 11) is -3.30. The maximum Gasteiger partial charge on any atom is 0.225 e. The number of fused-ring (bicyclic) bond motifs is 1. The molecule has 192 valence electrons. The van der Waals surface area contributed by atoms with Crippen molar-refractivity contribution in [2.75, 3.05) is 22.6 Å². The Labute approximate surface area is 213 Å². The van der Waals surface area contributed by atoms with Gasteiger partial charge in [-0.3, -0.25) is 4.98 Å². The van der Waals surface area contributed by atoms with E-state index in [0.717, 1.165) is 64.1 Å². The molecule has 4 atom stereocenters. The minimum absolute atomic E-state index is 0.178. The molecule has 3 heterocycles. The maximum atomic E-state index is 11.9. The van der Waals surface area contributed by atoms with E-state index in [9.17, 15) is 18.6 Å². The molecule has 3 fully saturated rings. The second-order valence-electron chi connectivity index (χ2n) is 10.4. The Morgan fingerprint density at radius 3 is 2.56 bits per heavy atom. The highest BCUT2D eigenvalue weighted by Gasteiger charge is 2.43. The number of hydrogen-bond donors (Lipinski definition) is 4. The Kier molecular flexibility index (Phi) is 5.90. The molecule has 3 aliphatic carbocycles. The van der Waals surface area contributed by atoms with Gasteiger partial charge in [-0.25, -0.2) is 18.4 Å². The van der Waals surface area contributed by atoms with E-state index in [2.05, 4.69) is 15.6 Å². The van der Waals surface area contributed by atoms with Crippen molar-refractivity contribution in [3.8, 4) is 10.6 Å². The summed E-state index contributed by atoms with van der Waals surface area (Å²) in [6.45, 7) is 1.92. The van der Waals surface area contributed by atoms with Gasteiger partial charge in [-0.1, -0.05) is 0 Å². The van der Waals surface area contributed by atoms with Gasteiger partial charge in [0.1, 0.15) is 32.3 Å². The molecule has 0 aliphatic heterocycles. The molecule has 6 rings (SSSR count). The van der Waals surface area contributed by atoms with Crippen molar-refractivity contribution < 1.29 is 18.6 Å². The van der Waals surface area contributed by atoms with Crippen LogP contribution in [-0.4, -0.2) is 74.9 Å². The van der Waals surface area contributed by atoms with E-state index in [1.807, 2.05) is 19.2 Å². The number of anilines is 2. The van der Waals surface area contributed by atoms with E-state index in [1.54, 1.807) is 11.3 Å². The molecule has 3 aromatic rings. The van der Waals surface area contributed by atoms with Crippen LogP contribution in [0.3, 0.4) is 0 Å². The van der Waals surface area contributed by atoms with E-state index in [4.69, 9.17) is 15.0 Å². The Morgan fingerprint density at radius 2 is 1.86 bits per heavy atom. The first-order valence-corrected chi connectivity index (χ1v) is 15.3. The Balaban J connectivity index is 1.38. The van der Waals surface area contributed by atoms with Crippen molar-refractivity contribution >= 4 is 43.2 Å². The third-order valence-corrected chi connectivity index (χ3v) is 9.23. The normalized spacial score (nSPS) is 26.4. The zero-order valence-electron chi connectivity index (χ0n) is 20.2. The van der Waals surface area contributed by atoms with Gasteiger partial charge in [-0.15, -0.1) is 11.3 Å². The lowest BCUT2D eigenvalue weighted by Crippen LogP contribution is -2.36. The Morgan fingerprint density at radius 1 is 1.08 bits per heavy atom. The van der Waals surface area contributed by atoms with Gasteiger partial charge in [-0.05, 0) is 45.1 Å². The van der Waals surface area contributed by atoms with Gasteiger partial charge in [0.05, 0.1) is 39.5 Å². The topological polar surface area (TPSA) is 150 Å². The molecule has 36 heavy (non-hydrogen) atoms. The van der Waals surface area contributed by atoms with Crippen molar-refractivity contribution in [2.24, 2.45) is 5.92 Å². The monoisotopic (exact) mass is 530 g/mol. The number of nitrogens with one attached hydrogen (secondary N) is 2. The summed E-state index contributed by atoms with van der Waals surface area (Å²) in [6.07, 6.45) is 5.43. The Hall–Kier alpha value is -2.41. The third kappa shape index (κ3) is 4.79. The van der Waals surface area contributed by atoms with Crippen molar-refractivity contribution in [1.82, 2.24) is 19.9 Å². The second-order valence-corrected chi connectivity index (χ2v) is 13.6. The summed E-state index contributed by atoms with van der Waals surface area (Å²) < 4.78 is 24.8. The number of aliphatic hydroxyl groups excluding tert-OH is 2. The number of sulfone groups is 1. The third-order valence-electron chi connectivity index (χ3n) is 7.15. The first-order valence-electron chi connectivity index (χ1n) is 12.4. The van der Waals surface area contributed by atoms with Gasteiger partial charge in [0.15, 0.2) is 0 Å². The minimum atomic E-state index is -3.30. The molecule has 12 heteroatoms. The molecule has 4 N–H and O–H groups in total. The van der Waals surface area contributed by atoms with Gasteiger partial charge in [0, 0.05) is 30.3 Å². The largest absolute Gasteiger partial charge is 0.390 e. The van der Waals surface area contributed by atoms with Gasteiger partial charge in [0.25, 0.3) is 0 Å². The quantitative estimate of drug-likeness (QED) is 0.342. The molecule has 10 nitrogen and oxygen atoms in total. The number of rotatable bonds is 8. The molecular formula is C24H30N6O4S2. The van der Waals surface area contributed by atoms with Crippen LogP contribution in [0.25, 0.3) is 20.8 Å². The highest BCUT2D eigenvalue weighted by Crippen LogP contribution is 2.44. The smallest absolute Gasteiger partial charge is 0.225 e. The number of thiazole rings is 1. The molecule has 0 saturated heterocycles. The van der Waals surface area contributed by atoms with Crippen LogP contribution in [0.5, 0.6) is 0 Å². The summed E-state index contributed by atoms with van der Waals surface area (Å²) in [5.41, 5.74) is 3.44. The highest BCUT2D eigenvalue weighted by molar-refractivity contribution is 7.90. The predicted octanol–water partition coefficient (Wildman–Crippen LogP) is 2.48. The van der Waals surface area contributed by atoms with Crippen molar-refractivity contribution in [2.45, 2.75) is 69.2 Å². The van der Waals surface area contributed by atoms with Crippen LogP contribution in [0, 0.1) is 12.8 Å². The first kappa shape index (κ1) is 24.0. The lowest BCUT2D eigenvalue weighted by atomic mass is 10.1. The summed E-state index contributed by atoms with van der Waals surface area (Å²) in [6, 6.07) is 1.77. The van der Waals surface area contributed by atoms with Crippen molar-refractivity contribution in [1.29, 1.82) is 0 Å². The minimum Gasteiger partial charge on any atom is -0.390 e. The fourth-order valence-electron chi connectivity index (χ4n) is 5.04. The van der Waals surface area contributed by atoms with Crippen LogP contribution in [-0.2, 0) is 9.84 Å². The average Bonchev–Trinajstić information content (AvgIpc) is 3.73. The van der Waals surface area contributed by atoms with Crippen molar-refractivity contribution in [3.05, 3.63) is 23.7 Å². The lowest BCUT2D eigenvalue weighted by molar-refractivity contribution is 0.0216. The molecule has 0 aromatic carbocycles. The molecule has 3 saturated carbocycles. The summed E-state index contributed by atoms with van der Waals surface area (Å²) >= 11 is 1.56. The average molecular weight is 531 g/mol. The van der Waals surface area contributed by atoms with E-state index in [0.29, 0.717) is 30.1 Å². The fraction of sp³-hybridized carbons (Fsp3) is 0.583. The maximum absolute atomic E-state index is 11.9. The van der Waals surface area contributed by atoms with Gasteiger partial charge in [0.2, 0.25) is 5.95 Å². The molecule has 0 bridgehead atoms. The van der Waals surface area contributed by atoms with Crippen LogP contribution >= 0.6 is 11.3 Å².